The highest BCUT2D eigenvalue weighted by Crippen LogP contribution is 2.12. The van der Waals surface area contributed by atoms with Crippen LogP contribution in [0.15, 0.2) is 42.6 Å². The minimum Gasteiger partial charge on any atom is -0.312 e. The van der Waals surface area contributed by atoms with Crippen LogP contribution in [0.1, 0.15) is 22.5 Å². The molecule has 0 amide bonds. The largest absolute Gasteiger partial charge is 0.312 e. The van der Waals surface area contributed by atoms with Crippen molar-refractivity contribution in [1.29, 1.82) is 0 Å². The van der Waals surface area contributed by atoms with E-state index >= 15 is 0 Å². The molecule has 0 unspecified atom stereocenters. The van der Waals surface area contributed by atoms with Crippen LogP contribution in [0.4, 0.5) is 0 Å². The van der Waals surface area contributed by atoms with Gasteiger partial charge in [0.25, 0.3) is 0 Å². The van der Waals surface area contributed by atoms with Crippen molar-refractivity contribution in [2.24, 2.45) is 0 Å². The van der Waals surface area contributed by atoms with Gasteiger partial charge in [-0.15, -0.1) is 10.2 Å². The van der Waals surface area contributed by atoms with Crippen LogP contribution in [0.2, 0.25) is 0 Å². The molecule has 0 saturated heterocycles. The molecule has 21 heavy (non-hydrogen) atoms. The molecule has 4 nitrogen and oxygen atoms in total. The molecule has 0 aliphatic carbocycles. The highest BCUT2D eigenvalue weighted by molar-refractivity contribution is 5.37. The normalized spacial score (nSPS) is 11.1. The average molecular weight is 280 g/mol. The summed E-state index contributed by atoms with van der Waals surface area (Å²) in [6.07, 6.45) is 2.88. The fourth-order valence-corrected chi connectivity index (χ4v) is 2.49. The Bertz CT molecular complexity index is 745. The molecule has 0 fully saturated rings. The Labute approximate surface area is 124 Å². The zero-order valence-corrected chi connectivity index (χ0v) is 12.5. The zero-order valence-electron chi connectivity index (χ0n) is 12.5. The first-order chi connectivity index (χ1) is 10.3. The van der Waals surface area contributed by atoms with Gasteiger partial charge < -0.3 is 5.32 Å². The topological polar surface area (TPSA) is 42.2 Å². The van der Waals surface area contributed by atoms with E-state index in [9.17, 15) is 0 Å². The van der Waals surface area contributed by atoms with Crippen molar-refractivity contribution in [2.45, 2.75) is 26.8 Å². The van der Waals surface area contributed by atoms with Crippen LogP contribution in [-0.4, -0.2) is 21.1 Å². The molecule has 0 saturated carbocycles. The Morgan fingerprint density at radius 3 is 2.86 bits per heavy atom. The first-order valence-electron chi connectivity index (χ1n) is 7.30. The lowest BCUT2D eigenvalue weighted by Crippen LogP contribution is -2.18. The van der Waals surface area contributed by atoms with Crippen molar-refractivity contribution in [2.75, 3.05) is 6.54 Å². The number of fused-ring (bicyclic) bond motifs is 1. The minimum absolute atomic E-state index is 0.871. The quantitative estimate of drug-likeness (QED) is 0.731. The van der Waals surface area contributed by atoms with Crippen molar-refractivity contribution >= 4 is 5.65 Å². The van der Waals surface area contributed by atoms with E-state index in [1.54, 1.807) is 0 Å². The molecule has 0 bridgehead atoms. The van der Waals surface area contributed by atoms with Crippen LogP contribution < -0.4 is 5.32 Å². The fraction of sp³-hybridized carbons (Fsp3) is 0.294. The molecule has 2 heterocycles. The Hall–Kier alpha value is -2.20. The summed E-state index contributed by atoms with van der Waals surface area (Å²) in [6, 6.07) is 12.4. The van der Waals surface area contributed by atoms with Crippen LogP contribution in [0, 0.1) is 13.8 Å². The predicted molar refractivity (Wildman–Crippen MR) is 84.3 cm³/mol. The molecule has 1 N–H and O–H groups in total. The summed E-state index contributed by atoms with van der Waals surface area (Å²) in [5, 5.41) is 11.9. The van der Waals surface area contributed by atoms with E-state index in [0.29, 0.717) is 0 Å². The second-order valence-electron chi connectivity index (χ2n) is 5.33. The van der Waals surface area contributed by atoms with Crippen molar-refractivity contribution in [3.05, 3.63) is 65.1 Å². The van der Waals surface area contributed by atoms with E-state index in [0.717, 1.165) is 31.0 Å². The molecule has 0 aliphatic rings. The van der Waals surface area contributed by atoms with Gasteiger partial charge in [0, 0.05) is 25.7 Å². The van der Waals surface area contributed by atoms with Gasteiger partial charge in [0.15, 0.2) is 5.65 Å². The third-order valence-corrected chi connectivity index (χ3v) is 3.94. The van der Waals surface area contributed by atoms with Crippen LogP contribution in [0.3, 0.4) is 0 Å². The maximum atomic E-state index is 4.24. The Morgan fingerprint density at radius 2 is 1.95 bits per heavy atom. The molecule has 0 spiro atoms. The van der Waals surface area contributed by atoms with E-state index in [1.165, 1.54) is 16.7 Å². The molecule has 0 radical (unpaired) electrons. The molecular weight excluding hydrogens is 260 g/mol. The third kappa shape index (κ3) is 2.95. The number of nitrogens with one attached hydrogen (secondary N) is 1. The first kappa shape index (κ1) is 13.8. The molecule has 0 atom stereocenters. The van der Waals surface area contributed by atoms with Gasteiger partial charge >= 0.3 is 0 Å². The van der Waals surface area contributed by atoms with Gasteiger partial charge in [0.1, 0.15) is 5.82 Å². The van der Waals surface area contributed by atoms with Crippen molar-refractivity contribution in [3.63, 3.8) is 0 Å². The maximum Gasteiger partial charge on any atom is 0.160 e. The van der Waals surface area contributed by atoms with Gasteiger partial charge in [-0.1, -0.05) is 24.3 Å². The minimum atomic E-state index is 0.871. The van der Waals surface area contributed by atoms with Gasteiger partial charge in [-0.05, 0) is 42.7 Å². The van der Waals surface area contributed by atoms with Gasteiger partial charge in [0.2, 0.25) is 0 Å². The molecule has 3 aromatic rings. The van der Waals surface area contributed by atoms with E-state index in [1.807, 2.05) is 28.8 Å². The number of hydrogen-bond donors (Lipinski definition) is 1. The fourth-order valence-electron chi connectivity index (χ4n) is 2.49. The number of aryl methyl sites for hydroxylation is 1. The van der Waals surface area contributed by atoms with Crippen molar-refractivity contribution in [1.82, 2.24) is 19.9 Å². The molecule has 1 aromatic carbocycles. The van der Waals surface area contributed by atoms with Gasteiger partial charge in [-0.25, -0.2) is 0 Å². The summed E-state index contributed by atoms with van der Waals surface area (Å²) in [4.78, 5) is 0. The van der Waals surface area contributed by atoms with E-state index in [2.05, 4.69) is 47.6 Å². The summed E-state index contributed by atoms with van der Waals surface area (Å²) in [5.41, 5.74) is 4.99. The first-order valence-corrected chi connectivity index (χ1v) is 7.30. The second-order valence-corrected chi connectivity index (χ2v) is 5.33. The van der Waals surface area contributed by atoms with Crippen LogP contribution in [0.5, 0.6) is 0 Å². The Kier molecular flexibility index (Phi) is 3.97. The lowest BCUT2D eigenvalue weighted by molar-refractivity contribution is 0.664. The van der Waals surface area contributed by atoms with Gasteiger partial charge in [0.05, 0.1) is 0 Å². The van der Waals surface area contributed by atoms with Crippen LogP contribution >= 0.6 is 0 Å². The predicted octanol–water partition coefficient (Wildman–Crippen LogP) is 2.68. The number of benzene rings is 1. The Morgan fingerprint density at radius 1 is 1.05 bits per heavy atom. The molecule has 2 aromatic heterocycles. The van der Waals surface area contributed by atoms with Crippen molar-refractivity contribution in [3.8, 4) is 0 Å². The summed E-state index contributed by atoms with van der Waals surface area (Å²) in [7, 11) is 0. The monoisotopic (exact) mass is 280 g/mol. The van der Waals surface area contributed by atoms with Crippen molar-refractivity contribution < 1.29 is 0 Å². The summed E-state index contributed by atoms with van der Waals surface area (Å²) < 4.78 is 2.04. The molecule has 3 rings (SSSR count). The van der Waals surface area contributed by atoms with Crippen LogP contribution in [-0.2, 0) is 13.0 Å². The lowest BCUT2D eigenvalue weighted by Gasteiger charge is -2.09. The average Bonchev–Trinajstić information content (AvgIpc) is 2.91. The lowest BCUT2D eigenvalue weighted by atomic mass is 10.0. The highest BCUT2D eigenvalue weighted by atomic mass is 15.2. The zero-order chi connectivity index (χ0) is 14.7. The molecule has 4 heteroatoms. The standard InChI is InChI=1S/C17H20N4/c1-13-6-5-7-15(14(13)2)12-18-10-9-17-20-19-16-8-3-4-11-21(16)17/h3-8,11,18H,9-10,12H2,1-2H3. The number of hydrogen-bond acceptors (Lipinski definition) is 3. The summed E-state index contributed by atoms with van der Waals surface area (Å²) >= 11 is 0. The third-order valence-electron chi connectivity index (χ3n) is 3.94. The highest BCUT2D eigenvalue weighted by Gasteiger charge is 2.04. The number of rotatable bonds is 5. The van der Waals surface area contributed by atoms with E-state index < -0.39 is 0 Å². The van der Waals surface area contributed by atoms with E-state index in [-0.39, 0.29) is 0 Å². The van der Waals surface area contributed by atoms with E-state index in [4.69, 9.17) is 0 Å². The van der Waals surface area contributed by atoms with Crippen LogP contribution in [0.25, 0.3) is 5.65 Å². The molecule has 0 aliphatic heterocycles. The molecular formula is C17H20N4. The molecule has 108 valence electrons. The van der Waals surface area contributed by atoms with Gasteiger partial charge in [-0.2, -0.15) is 0 Å². The summed E-state index contributed by atoms with van der Waals surface area (Å²) in [6.45, 7) is 6.12. The maximum absolute atomic E-state index is 4.24. The SMILES string of the molecule is Cc1cccc(CNCCc2nnc3ccccn23)c1C. The number of nitrogens with zero attached hydrogens (tertiary/aromatic N) is 3. The smallest absolute Gasteiger partial charge is 0.160 e. The Balaban J connectivity index is 1.58. The van der Waals surface area contributed by atoms with Gasteiger partial charge in [-0.3, -0.25) is 4.40 Å². The number of pyridine rings is 1. The second kappa shape index (κ2) is 6.06. The number of aromatic nitrogens is 3. The summed E-state index contributed by atoms with van der Waals surface area (Å²) in [5.74, 6) is 0.999.